The molecule has 0 fully saturated rings. The Morgan fingerprint density at radius 1 is 0.714 bits per heavy atom. The summed E-state index contributed by atoms with van der Waals surface area (Å²) in [4.78, 5) is 0. The molecule has 0 rings (SSSR count). The van der Waals surface area contributed by atoms with Gasteiger partial charge < -0.3 is 4.12 Å². The first-order chi connectivity index (χ1) is 10.1. The molecule has 3 heteroatoms. The number of hydrogen-bond acceptors (Lipinski definition) is 1. The number of unbranched alkanes of at least 4 members (excludes halogenated alkanes) is 2. The first kappa shape index (κ1) is 20.9. The molecule has 0 atom stereocenters. The first-order valence-electron chi connectivity index (χ1n) is 8.99. The van der Waals surface area contributed by atoms with Gasteiger partial charge >= 0.3 is 0 Å². The average Bonchev–Trinajstić information content (AvgIpc) is 2.53. The third-order valence-corrected chi connectivity index (χ3v) is 16.2. The van der Waals surface area contributed by atoms with Crippen molar-refractivity contribution in [2.75, 3.05) is 0 Å². The smallest absolute Gasteiger partial charge is 0.179 e. The maximum Gasteiger partial charge on any atom is 0.179 e. The van der Waals surface area contributed by atoms with Crippen molar-refractivity contribution in [3.8, 4) is 0 Å². The zero-order valence-electron chi connectivity index (χ0n) is 15.0. The summed E-state index contributed by atoms with van der Waals surface area (Å²) in [5, 5.41) is 0. The second-order valence-electron chi connectivity index (χ2n) is 6.24. The largest absolute Gasteiger partial charge is 0.455 e. The van der Waals surface area contributed by atoms with Crippen LogP contribution in [0.5, 0.6) is 0 Å². The molecule has 0 saturated carbocycles. The van der Waals surface area contributed by atoms with Crippen LogP contribution in [-0.4, -0.2) is 16.6 Å². The minimum atomic E-state index is -1.58. The average molecular weight is 327 g/mol. The Bertz CT molecular complexity index is 263. The van der Waals surface area contributed by atoms with Gasteiger partial charge in [0.05, 0.1) is 0 Å². The lowest BCUT2D eigenvalue weighted by Crippen LogP contribution is -2.50. The first-order valence-corrected chi connectivity index (χ1v) is 14.1. The Kier molecular flexibility index (Phi) is 11.4. The normalized spacial score (nSPS) is 12.4. The molecular formula is C18H38OSi2. The molecule has 0 aliphatic rings. The summed E-state index contributed by atoms with van der Waals surface area (Å²) in [5.74, 6) is 0. The van der Waals surface area contributed by atoms with Gasteiger partial charge in [-0.3, -0.25) is 0 Å². The molecule has 21 heavy (non-hydrogen) atoms. The fourth-order valence-electron chi connectivity index (χ4n) is 3.22. The van der Waals surface area contributed by atoms with E-state index in [1.807, 2.05) is 0 Å². The van der Waals surface area contributed by atoms with Gasteiger partial charge in [0.25, 0.3) is 0 Å². The van der Waals surface area contributed by atoms with Gasteiger partial charge in [0.2, 0.25) is 0 Å². The Hall–Kier alpha value is -0.126. The fraction of sp³-hybridized carbons (Fsp3) is 0.778. The molecule has 0 aromatic heterocycles. The highest BCUT2D eigenvalue weighted by Gasteiger charge is 2.40. The predicted octanol–water partition coefficient (Wildman–Crippen LogP) is 6.91. The summed E-state index contributed by atoms with van der Waals surface area (Å²) < 4.78 is 7.12. The van der Waals surface area contributed by atoms with E-state index >= 15 is 0 Å². The predicted molar refractivity (Wildman–Crippen MR) is 103 cm³/mol. The molecule has 124 valence electrons. The van der Waals surface area contributed by atoms with E-state index in [1.165, 1.54) is 49.1 Å². The second kappa shape index (κ2) is 11.4. The van der Waals surface area contributed by atoms with Crippen LogP contribution in [0.3, 0.4) is 0 Å². The molecule has 0 spiro atoms. The van der Waals surface area contributed by atoms with Gasteiger partial charge in [-0.1, -0.05) is 52.7 Å². The minimum absolute atomic E-state index is 1.14. The third-order valence-electron chi connectivity index (χ3n) is 5.09. The summed E-state index contributed by atoms with van der Waals surface area (Å²) in [6.07, 6.45) is 8.92. The summed E-state index contributed by atoms with van der Waals surface area (Å²) in [6.45, 7) is 17.2. The van der Waals surface area contributed by atoms with E-state index in [2.05, 4.69) is 53.0 Å². The Balaban J connectivity index is 5.03. The minimum Gasteiger partial charge on any atom is -0.455 e. The zero-order valence-corrected chi connectivity index (χ0v) is 17.0. The molecule has 0 heterocycles. The third kappa shape index (κ3) is 7.11. The van der Waals surface area contributed by atoms with Crippen LogP contribution in [0.15, 0.2) is 25.3 Å². The van der Waals surface area contributed by atoms with E-state index in [1.54, 1.807) is 0 Å². The van der Waals surface area contributed by atoms with Crippen molar-refractivity contribution >= 4 is 16.6 Å². The van der Waals surface area contributed by atoms with Gasteiger partial charge in [0, 0.05) is 0 Å². The highest BCUT2D eigenvalue weighted by atomic mass is 28.4. The molecule has 0 bridgehead atoms. The van der Waals surface area contributed by atoms with Crippen molar-refractivity contribution in [2.24, 2.45) is 0 Å². The second-order valence-corrected chi connectivity index (χ2v) is 15.6. The summed E-state index contributed by atoms with van der Waals surface area (Å²) in [5.41, 5.74) is 0. The number of allylic oxidation sites excluding steroid dienone is 2. The summed E-state index contributed by atoms with van der Waals surface area (Å²) in [6, 6.07) is 7.74. The van der Waals surface area contributed by atoms with Gasteiger partial charge in [-0.05, 0) is 49.1 Å². The maximum atomic E-state index is 7.12. The van der Waals surface area contributed by atoms with Crippen LogP contribution in [0, 0.1) is 0 Å². The molecule has 0 N–H and O–H groups in total. The molecule has 0 aromatic rings. The summed E-state index contributed by atoms with van der Waals surface area (Å²) in [7, 11) is -3.06. The Morgan fingerprint density at radius 2 is 1.10 bits per heavy atom. The molecule has 0 unspecified atom stereocenters. The lowest BCUT2D eigenvalue weighted by Gasteiger charge is -2.41. The molecule has 0 aromatic carbocycles. The Morgan fingerprint density at radius 3 is 1.38 bits per heavy atom. The SMILES string of the molecule is C=CCCC[Si](CC)(CCCC=C)O[Si](CC)(CC)CC. The number of rotatable bonds is 14. The highest BCUT2D eigenvalue weighted by Crippen LogP contribution is 2.34. The van der Waals surface area contributed by atoms with Crippen LogP contribution in [-0.2, 0) is 4.12 Å². The van der Waals surface area contributed by atoms with Crippen molar-refractivity contribution in [2.45, 2.75) is 89.6 Å². The van der Waals surface area contributed by atoms with Crippen LogP contribution in [0.2, 0.25) is 36.3 Å². The Labute approximate surface area is 136 Å². The van der Waals surface area contributed by atoms with Gasteiger partial charge in [-0.15, -0.1) is 13.2 Å². The van der Waals surface area contributed by atoms with E-state index in [0.29, 0.717) is 0 Å². The van der Waals surface area contributed by atoms with Crippen molar-refractivity contribution in [3.05, 3.63) is 25.3 Å². The topological polar surface area (TPSA) is 9.23 Å². The molecule has 0 aliphatic heterocycles. The van der Waals surface area contributed by atoms with E-state index in [0.717, 1.165) is 12.8 Å². The number of hydrogen-bond donors (Lipinski definition) is 0. The van der Waals surface area contributed by atoms with Crippen LogP contribution in [0.1, 0.15) is 53.4 Å². The molecule has 0 radical (unpaired) electrons. The monoisotopic (exact) mass is 326 g/mol. The fourth-order valence-corrected chi connectivity index (χ4v) is 14.2. The van der Waals surface area contributed by atoms with Gasteiger partial charge in [0.15, 0.2) is 16.6 Å². The van der Waals surface area contributed by atoms with E-state index in [4.69, 9.17) is 4.12 Å². The summed E-state index contributed by atoms with van der Waals surface area (Å²) >= 11 is 0. The van der Waals surface area contributed by atoms with Crippen LogP contribution in [0.25, 0.3) is 0 Å². The lowest BCUT2D eigenvalue weighted by molar-refractivity contribution is 0.498. The van der Waals surface area contributed by atoms with Gasteiger partial charge in [-0.25, -0.2) is 0 Å². The van der Waals surface area contributed by atoms with Crippen molar-refractivity contribution in [3.63, 3.8) is 0 Å². The van der Waals surface area contributed by atoms with Crippen molar-refractivity contribution in [1.29, 1.82) is 0 Å². The van der Waals surface area contributed by atoms with Gasteiger partial charge in [-0.2, -0.15) is 0 Å². The van der Waals surface area contributed by atoms with Crippen molar-refractivity contribution < 1.29 is 4.12 Å². The maximum absolute atomic E-state index is 7.12. The van der Waals surface area contributed by atoms with Crippen LogP contribution in [0.4, 0.5) is 0 Å². The standard InChI is InChI=1S/C18H38OSi2/c1-7-13-15-17-21(12-6,18-16-14-8-2)19-20(9-3,10-4)11-5/h7-8H,1-2,9-18H2,3-6H3. The van der Waals surface area contributed by atoms with E-state index < -0.39 is 16.6 Å². The lowest BCUT2D eigenvalue weighted by atomic mass is 10.3. The van der Waals surface area contributed by atoms with E-state index in [9.17, 15) is 0 Å². The van der Waals surface area contributed by atoms with E-state index in [-0.39, 0.29) is 0 Å². The quantitative estimate of drug-likeness (QED) is 0.191. The molecule has 0 aliphatic carbocycles. The van der Waals surface area contributed by atoms with Gasteiger partial charge in [0.1, 0.15) is 0 Å². The van der Waals surface area contributed by atoms with Crippen LogP contribution >= 0.6 is 0 Å². The molecule has 0 saturated heterocycles. The molecular weight excluding hydrogens is 288 g/mol. The highest BCUT2D eigenvalue weighted by molar-refractivity contribution is 6.87. The van der Waals surface area contributed by atoms with Crippen molar-refractivity contribution in [1.82, 2.24) is 0 Å². The van der Waals surface area contributed by atoms with Crippen LogP contribution < -0.4 is 0 Å². The molecule has 1 nitrogen and oxygen atoms in total. The molecule has 0 amide bonds. The zero-order chi connectivity index (χ0) is 16.2.